The number of aryl methyl sites for hydroxylation is 1. The number of benzene rings is 1. The molecule has 0 heterocycles. The van der Waals surface area contributed by atoms with Crippen molar-refractivity contribution in [1.82, 2.24) is 5.32 Å². The van der Waals surface area contributed by atoms with Crippen molar-refractivity contribution in [2.24, 2.45) is 5.92 Å². The molecule has 4 heteroatoms. The van der Waals surface area contributed by atoms with E-state index in [1.807, 2.05) is 39.0 Å². The van der Waals surface area contributed by atoms with Gasteiger partial charge in [-0.25, -0.2) is 0 Å². The summed E-state index contributed by atoms with van der Waals surface area (Å²) in [5.74, 6) is 0.727. The van der Waals surface area contributed by atoms with Crippen LogP contribution >= 0.6 is 27.5 Å². The average molecular weight is 319 g/mol. The van der Waals surface area contributed by atoms with Gasteiger partial charge in [0.05, 0.1) is 5.56 Å². The highest BCUT2D eigenvalue weighted by atomic mass is 79.9. The summed E-state index contributed by atoms with van der Waals surface area (Å²) in [4.78, 5) is 12.1. The summed E-state index contributed by atoms with van der Waals surface area (Å²) in [5.41, 5.74) is 1.73. The van der Waals surface area contributed by atoms with Crippen LogP contribution in [-0.4, -0.2) is 17.8 Å². The van der Waals surface area contributed by atoms with Gasteiger partial charge in [-0.2, -0.15) is 0 Å². The number of carbonyl (C=O) groups is 1. The number of nitrogens with one attached hydrogen (secondary N) is 1. The van der Waals surface area contributed by atoms with Gasteiger partial charge in [0.2, 0.25) is 0 Å². The molecule has 2 nitrogen and oxygen atoms in total. The van der Waals surface area contributed by atoms with E-state index >= 15 is 0 Å². The fourth-order valence-electron chi connectivity index (χ4n) is 1.37. The Morgan fingerprint density at radius 3 is 2.71 bits per heavy atom. The molecule has 0 aliphatic rings. The van der Waals surface area contributed by atoms with E-state index in [0.717, 1.165) is 10.0 Å². The zero-order valence-electron chi connectivity index (χ0n) is 10.3. The summed E-state index contributed by atoms with van der Waals surface area (Å²) < 4.78 is 0.811. The second kappa shape index (κ2) is 6.41. The van der Waals surface area contributed by atoms with Crippen LogP contribution in [0, 0.1) is 12.8 Å². The zero-order valence-corrected chi connectivity index (χ0v) is 12.6. The molecule has 1 aromatic carbocycles. The molecule has 17 heavy (non-hydrogen) atoms. The molecule has 0 bridgehead atoms. The van der Waals surface area contributed by atoms with Gasteiger partial charge in [-0.15, -0.1) is 11.6 Å². The normalized spacial score (nSPS) is 14.2. The van der Waals surface area contributed by atoms with Crippen molar-refractivity contribution >= 4 is 33.4 Å². The van der Waals surface area contributed by atoms with E-state index in [0.29, 0.717) is 11.4 Å². The molecule has 1 aromatic rings. The average Bonchev–Trinajstić information content (AvgIpc) is 2.30. The summed E-state index contributed by atoms with van der Waals surface area (Å²) in [7, 11) is 0. The Morgan fingerprint density at radius 1 is 1.47 bits per heavy atom. The van der Waals surface area contributed by atoms with E-state index < -0.39 is 0 Å². The summed E-state index contributed by atoms with van der Waals surface area (Å²) in [6, 6.07) is 5.79. The van der Waals surface area contributed by atoms with Gasteiger partial charge in [-0.05, 0) is 47.8 Å². The summed E-state index contributed by atoms with van der Waals surface area (Å²) in [6.45, 7) is 5.95. The Kier molecular flexibility index (Phi) is 5.47. The van der Waals surface area contributed by atoms with Crippen LogP contribution in [-0.2, 0) is 0 Å². The standard InChI is InChI=1S/C13H17BrClNO/c1-8-4-5-12(14)11(6-8)13(17)16-10(3)9(2)7-15/h4-6,9-10H,7H2,1-3H3,(H,16,17). The smallest absolute Gasteiger partial charge is 0.252 e. The Hall–Kier alpha value is -0.540. The number of hydrogen-bond acceptors (Lipinski definition) is 1. The minimum Gasteiger partial charge on any atom is -0.349 e. The second-order valence-corrected chi connectivity index (χ2v) is 5.54. The van der Waals surface area contributed by atoms with E-state index in [9.17, 15) is 4.79 Å². The Morgan fingerprint density at radius 2 is 2.12 bits per heavy atom. The predicted octanol–water partition coefficient (Wildman–Crippen LogP) is 3.75. The molecule has 1 amide bonds. The van der Waals surface area contributed by atoms with Crippen LogP contribution in [0.1, 0.15) is 29.8 Å². The van der Waals surface area contributed by atoms with Gasteiger partial charge in [0.25, 0.3) is 5.91 Å². The summed E-state index contributed by atoms with van der Waals surface area (Å²) in [5, 5.41) is 2.96. The molecule has 1 N–H and O–H groups in total. The lowest BCUT2D eigenvalue weighted by atomic mass is 10.1. The highest BCUT2D eigenvalue weighted by molar-refractivity contribution is 9.10. The van der Waals surface area contributed by atoms with Crippen LogP contribution in [0.3, 0.4) is 0 Å². The highest BCUT2D eigenvalue weighted by Crippen LogP contribution is 2.18. The van der Waals surface area contributed by atoms with Crippen molar-refractivity contribution < 1.29 is 4.79 Å². The van der Waals surface area contributed by atoms with E-state index in [1.54, 1.807) is 0 Å². The molecule has 0 saturated carbocycles. The molecule has 1 rings (SSSR count). The Balaban J connectivity index is 2.79. The van der Waals surface area contributed by atoms with Crippen LogP contribution in [0.15, 0.2) is 22.7 Å². The first-order chi connectivity index (χ1) is 7.95. The van der Waals surface area contributed by atoms with Gasteiger partial charge in [0.1, 0.15) is 0 Å². The van der Waals surface area contributed by atoms with E-state index in [-0.39, 0.29) is 17.9 Å². The van der Waals surface area contributed by atoms with Gasteiger partial charge >= 0.3 is 0 Å². The number of rotatable bonds is 4. The number of hydrogen-bond donors (Lipinski definition) is 1. The predicted molar refractivity (Wildman–Crippen MR) is 75.7 cm³/mol. The maximum Gasteiger partial charge on any atom is 0.252 e. The van der Waals surface area contributed by atoms with Crippen molar-refractivity contribution in [3.63, 3.8) is 0 Å². The largest absolute Gasteiger partial charge is 0.349 e. The van der Waals surface area contributed by atoms with E-state index in [2.05, 4.69) is 21.2 Å². The molecular weight excluding hydrogens is 302 g/mol. The van der Waals surface area contributed by atoms with E-state index in [1.165, 1.54) is 0 Å². The van der Waals surface area contributed by atoms with Gasteiger partial charge in [-0.3, -0.25) is 4.79 Å². The summed E-state index contributed by atoms with van der Waals surface area (Å²) >= 11 is 9.16. The third-order valence-corrected chi connectivity index (χ3v) is 4.00. The maximum absolute atomic E-state index is 12.1. The molecule has 94 valence electrons. The Labute approximate surface area is 116 Å². The molecular formula is C13H17BrClNO. The van der Waals surface area contributed by atoms with Crippen LogP contribution in [0.25, 0.3) is 0 Å². The lowest BCUT2D eigenvalue weighted by Gasteiger charge is -2.19. The van der Waals surface area contributed by atoms with Crippen LogP contribution in [0.2, 0.25) is 0 Å². The minimum atomic E-state index is -0.0648. The fourth-order valence-corrected chi connectivity index (χ4v) is 2.07. The first kappa shape index (κ1) is 14.5. The quantitative estimate of drug-likeness (QED) is 0.842. The lowest BCUT2D eigenvalue weighted by Crippen LogP contribution is -2.37. The molecule has 0 fully saturated rings. The highest BCUT2D eigenvalue weighted by Gasteiger charge is 2.16. The molecule has 2 atom stereocenters. The third kappa shape index (κ3) is 4.00. The van der Waals surface area contributed by atoms with Crippen molar-refractivity contribution in [3.8, 4) is 0 Å². The molecule has 0 saturated heterocycles. The number of carbonyl (C=O) groups excluding carboxylic acids is 1. The van der Waals surface area contributed by atoms with Crippen molar-refractivity contribution in [2.75, 3.05) is 5.88 Å². The lowest BCUT2D eigenvalue weighted by molar-refractivity contribution is 0.0930. The fraction of sp³-hybridized carbons (Fsp3) is 0.462. The molecule has 0 radical (unpaired) electrons. The first-order valence-corrected chi connectivity index (χ1v) is 6.91. The Bertz CT molecular complexity index is 408. The number of halogens is 2. The minimum absolute atomic E-state index is 0.0624. The first-order valence-electron chi connectivity index (χ1n) is 5.58. The molecule has 2 unspecified atom stereocenters. The van der Waals surface area contributed by atoms with Crippen LogP contribution in [0.4, 0.5) is 0 Å². The molecule has 0 spiro atoms. The molecule has 0 aromatic heterocycles. The molecule has 0 aliphatic carbocycles. The van der Waals surface area contributed by atoms with E-state index in [4.69, 9.17) is 11.6 Å². The SMILES string of the molecule is Cc1ccc(Br)c(C(=O)NC(C)C(C)CCl)c1. The van der Waals surface area contributed by atoms with Gasteiger partial charge in [-0.1, -0.05) is 18.6 Å². The number of alkyl halides is 1. The van der Waals surface area contributed by atoms with Gasteiger partial charge < -0.3 is 5.32 Å². The van der Waals surface area contributed by atoms with Gasteiger partial charge in [0, 0.05) is 16.4 Å². The number of amides is 1. The zero-order chi connectivity index (χ0) is 13.0. The van der Waals surface area contributed by atoms with Gasteiger partial charge in [0.15, 0.2) is 0 Å². The van der Waals surface area contributed by atoms with Crippen LogP contribution in [0.5, 0.6) is 0 Å². The topological polar surface area (TPSA) is 29.1 Å². The monoisotopic (exact) mass is 317 g/mol. The summed E-state index contributed by atoms with van der Waals surface area (Å²) in [6.07, 6.45) is 0. The maximum atomic E-state index is 12.1. The molecule has 0 aliphatic heterocycles. The van der Waals surface area contributed by atoms with Crippen molar-refractivity contribution in [1.29, 1.82) is 0 Å². The third-order valence-electron chi connectivity index (χ3n) is 2.82. The van der Waals surface area contributed by atoms with Crippen molar-refractivity contribution in [3.05, 3.63) is 33.8 Å². The van der Waals surface area contributed by atoms with Crippen molar-refractivity contribution in [2.45, 2.75) is 26.8 Å². The second-order valence-electron chi connectivity index (χ2n) is 4.38. The van der Waals surface area contributed by atoms with Crippen LogP contribution < -0.4 is 5.32 Å².